The molecule has 8 nitrogen and oxygen atoms in total. The fourth-order valence-electron chi connectivity index (χ4n) is 5.36. The maximum absolute atomic E-state index is 14.0. The molecule has 2 unspecified atom stereocenters. The van der Waals surface area contributed by atoms with Crippen LogP contribution >= 0.6 is 39.0 Å². The van der Waals surface area contributed by atoms with E-state index in [2.05, 4.69) is 26.2 Å². The highest BCUT2D eigenvalue weighted by Crippen LogP contribution is 2.54. The molecule has 2 N–H and O–H groups in total. The number of nitrogens with one attached hydrogen (secondary N) is 2. The van der Waals surface area contributed by atoms with Crippen molar-refractivity contribution in [1.29, 1.82) is 0 Å². The Morgan fingerprint density at radius 3 is 2.50 bits per heavy atom. The van der Waals surface area contributed by atoms with Gasteiger partial charge in [-0.15, -0.1) is 0 Å². The SMILES string of the molecule is Cc1ccc(N2C(=O)C3Sc4[nH]c(=O)sc4[C@H](c4cc(Br)ccc4OCC(=O)Nc4ccccc4C(F)(F)F)C3C2=O)cc1. The van der Waals surface area contributed by atoms with Crippen LogP contribution in [-0.4, -0.2) is 34.6 Å². The molecule has 3 aromatic carbocycles. The number of fused-ring (bicyclic) bond motifs is 2. The molecule has 44 heavy (non-hydrogen) atoms. The molecule has 0 spiro atoms. The molecule has 0 saturated carbocycles. The summed E-state index contributed by atoms with van der Waals surface area (Å²) in [6.45, 7) is 1.25. The van der Waals surface area contributed by atoms with Gasteiger partial charge in [-0.25, -0.2) is 4.90 Å². The Kier molecular flexibility index (Phi) is 7.92. The molecule has 3 heterocycles. The molecule has 1 saturated heterocycles. The molecule has 6 rings (SSSR count). The van der Waals surface area contributed by atoms with Crippen LogP contribution in [-0.2, 0) is 20.6 Å². The van der Waals surface area contributed by atoms with Gasteiger partial charge in [-0.3, -0.25) is 19.2 Å². The fourth-order valence-corrected chi connectivity index (χ4v) is 8.25. The molecular formula is C30H21BrF3N3O5S2. The third-order valence-electron chi connectivity index (χ3n) is 7.29. The molecule has 4 aromatic rings. The highest BCUT2D eigenvalue weighted by atomic mass is 79.9. The molecule has 3 atom stereocenters. The number of H-pyrrole nitrogens is 1. The summed E-state index contributed by atoms with van der Waals surface area (Å²) in [6, 6.07) is 16.5. The quantitative estimate of drug-likeness (QED) is 0.227. The van der Waals surface area contributed by atoms with Crippen molar-refractivity contribution in [2.45, 2.75) is 29.3 Å². The van der Waals surface area contributed by atoms with Crippen molar-refractivity contribution >= 4 is 68.1 Å². The van der Waals surface area contributed by atoms with Gasteiger partial charge in [0.05, 0.1) is 27.9 Å². The van der Waals surface area contributed by atoms with Gasteiger partial charge in [-0.05, 0) is 49.4 Å². The second kappa shape index (κ2) is 11.6. The minimum absolute atomic E-state index is 0.170. The van der Waals surface area contributed by atoms with Crippen molar-refractivity contribution in [3.05, 3.63) is 102 Å². The molecular weight excluding hydrogens is 683 g/mol. The molecule has 0 aliphatic carbocycles. The zero-order valence-corrected chi connectivity index (χ0v) is 25.8. The Hall–Kier alpha value is -3.88. The lowest BCUT2D eigenvalue weighted by atomic mass is 9.82. The number of carbonyl (C=O) groups excluding carboxylic acids is 3. The summed E-state index contributed by atoms with van der Waals surface area (Å²) in [4.78, 5) is 57.0. The molecule has 226 valence electrons. The van der Waals surface area contributed by atoms with Crippen molar-refractivity contribution in [2.75, 3.05) is 16.8 Å². The average Bonchev–Trinajstić information content (AvgIpc) is 3.46. The van der Waals surface area contributed by atoms with Gasteiger partial charge in [0.1, 0.15) is 11.0 Å². The van der Waals surface area contributed by atoms with Crippen LogP contribution in [0.1, 0.15) is 27.5 Å². The number of anilines is 2. The third-order valence-corrected chi connectivity index (χ3v) is 10.2. The monoisotopic (exact) mass is 703 g/mol. The third kappa shape index (κ3) is 5.57. The summed E-state index contributed by atoms with van der Waals surface area (Å²) in [5.41, 5.74) is 0.407. The molecule has 0 radical (unpaired) electrons. The number of rotatable bonds is 6. The standard InChI is InChI=1S/C30H21BrF3N3O5S2/c1-14-6-9-16(10-7-14)37-27(39)23-22(24-26(36-29(41)44-24)43-25(23)28(37)40)17-12-15(31)8-11-20(17)42-13-21(38)35-19-5-3-2-4-18(19)30(32,33)34/h2-12,22-23,25H,13H2,1H3,(H,35,38)(H,36,41)/t22-,23?,25?/m1/s1. The minimum Gasteiger partial charge on any atom is -0.483 e. The van der Waals surface area contributed by atoms with E-state index < -0.39 is 58.8 Å². The molecule has 2 aliphatic rings. The topological polar surface area (TPSA) is 109 Å². The number of alkyl halides is 3. The maximum Gasteiger partial charge on any atom is 0.418 e. The van der Waals surface area contributed by atoms with E-state index in [1.807, 2.05) is 6.92 Å². The number of halogens is 4. The number of carbonyl (C=O) groups is 3. The lowest BCUT2D eigenvalue weighted by Crippen LogP contribution is -2.32. The Balaban J connectivity index is 1.34. The number of hydrogen-bond donors (Lipinski definition) is 2. The number of imide groups is 1. The normalized spacial score (nSPS) is 19.5. The Morgan fingerprint density at radius 1 is 1.05 bits per heavy atom. The van der Waals surface area contributed by atoms with Crippen molar-refractivity contribution in [3.63, 3.8) is 0 Å². The number of thioether (sulfide) groups is 1. The van der Waals surface area contributed by atoms with Crippen molar-refractivity contribution < 1.29 is 32.3 Å². The number of hydrogen-bond acceptors (Lipinski definition) is 7. The number of thiazole rings is 1. The predicted octanol–water partition coefficient (Wildman–Crippen LogP) is 6.34. The van der Waals surface area contributed by atoms with E-state index >= 15 is 0 Å². The zero-order chi connectivity index (χ0) is 31.3. The molecule has 0 bridgehead atoms. The summed E-state index contributed by atoms with van der Waals surface area (Å²) in [7, 11) is 0. The highest BCUT2D eigenvalue weighted by molar-refractivity contribution is 9.10. The number of aromatic amines is 1. The summed E-state index contributed by atoms with van der Waals surface area (Å²) >= 11 is 5.48. The highest BCUT2D eigenvalue weighted by Gasteiger charge is 2.56. The van der Waals surface area contributed by atoms with Gasteiger partial charge in [0.25, 0.3) is 5.91 Å². The first-order chi connectivity index (χ1) is 20.9. The number of benzene rings is 3. The lowest BCUT2D eigenvalue weighted by molar-refractivity contribution is -0.137. The first-order valence-electron chi connectivity index (χ1n) is 13.1. The van der Waals surface area contributed by atoms with Crippen LogP contribution in [0, 0.1) is 12.8 Å². The van der Waals surface area contributed by atoms with Crippen LogP contribution in [0.25, 0.3) is 0 Å². The lowest BCUT2D eigenvalue weighted by Gasteiger charge is -2.31. The van der Waals surface area contributed by atoms with Gasteiger partial charge in [-0.2, -0.15) is 13.2 Å². The predicted molar refractivity (Wildman–Crippen MR) is 163 cm³/mol. The summed E-state index contributed by atoms with van der Waals surface area (Å²) < 4.78 is 46.7. The van der Waals surface area contributed by atoms with E-state index in [4.69, 9.17) is 4.74 Å². The number of aromatic nitrogens is 1. The smallest absolute Gasteiger partial charge is 0.418 e. The van der Waals surface area contributed by atoms with E-state index in [0.717, 1.165) is 45.7 Å². The van der Waals surface area contributed by atoms with Crippen molar-refractivity contribution in [3.8, 4) is 5.75 Å². The molecule has 1 aromatic heterocycles. The van der Waals surface area contributed by atoms with Gasteiger partial charge >= 0.3 is 11.0 Å². The summed E-state index contributed by atoms with van der Waals surface area (Å²) in [5, 5.41) is 1.87. The van der Waals surface area contributed by atoms with Gasteiger partial charge in [0, 0.05) is 20.8 Å². The van der Waals surface area contributed by atoms with Crippen molar-refractivity contribution in [1.82, 2.24) is 4.98 Å². The number of para-hydroxylation sites is 1. The largest absolute Gasteiger partial charge is 0.483 e. The summed E-state index contributed by atoms with van der Waals surface area (Å²) in [6.07, 6.45) is -4.67. The van der Waals surface area contributed by atoms with Gasteiger partial charge < -0.3 is 15.0 Å². The van der Waals surface area contributed by atoms with E-state index in [9.17, 15) is 32.3 Å². The van der Waals surface area contributed by atoms with Crippen LogP contribution in [0.5, 0.6) is 5.75 Å². The Labute approximate surface area is 264 Å². The van der Waals surface area contributed by atoms with Gasteiger partial charge in [0.2, 0.25) is 11.8 Å². The number of aryl methyl sites for hydroxylation is 1. The van der Waals surface area contributed by atoms with Crippen LogP contribution in [0.2, 0.25) is 0 Å². The first kappa shape index (κ1) is 30.2. The van der Waals surface area contributed by atoms with E-state index in [-0.39, 0.29) is 10.6 Å². The van der Waals surface area contributed by atoms with E-state index in [1.54, 1.807) is 42.5 Å². The Morgan fingerprint density at radius 2 is 1.77 bits per heavy atom. The number of ether oxygens (including phenoxy) is 1. The fraction of sp³-hybridized carbons (Fsp3) is 0.200. The number of nitrogens with zero attached hydrogens (tertiary/aromatic N) is 1. The number of amides is 3. The molecule has 14 heteroatoms. The molecule has 1 fully saturated rings. The average molecular weight is 705 g/mol. The Bertz CT molecular complexity index is 1860. The minimum atomic E-state index is -4.67. The molecule has 2 aliphatic heterocycles. The second-order valence-corrected chi connectivity index (χ2v) is 13.2. The maximum atomic E-state index is 14.0. The second-order valence-electron chi connectivity index (χ2n) is 10.2. The van der Waals surface area contributed by atoms with Gasteiger partial charge in [-0.1, -0.05) is 68.9 Å². The zero-order valence-electron chi connectivity index (χ0n) is 22.6. The van der Waals surface area contributed by atoms with Crippen LogP contribution < -0.4 is 19.8 Å². The van der Waals surface area contributed by atoms with E-state index in [1.165, 1.54) is 12.1 Å². The van der Waals surface area contributed by atoms with E-state index in [0.29, 0.717) is 25.6 Å². The van der Waals surface area contributed by atoms with Crippen LogP contribution in [0.3, 0.4) is 0 Å². The van der Waals surface area contributed by atoms with Crippen LogP contribution in [0.4, 0.5) is 24.5 Å². The van der Waals surface area contributed by atoms with Gasteiger partial charge in [0.15, 0.2) is 6.61 Å². The first-order valence-corrected chi connectivity index (χ1v) is 15.6. The van der Waals surface area contributed by atoms with Crippen molar-refractivity contribution in [2.24, 2.45) is 5.92 Å². The summed E-state index contributed by atoms with van der Waals surface area (Å²) in [5.74, 6) is -3.23. The van der Waals surface area contributed by atoms with Crippen LogP contribution in [0.15, 0.2) is 81.0 Å². The molecule has 3 amide bonds.